The maximum Gasteiger partial charge on any atom is 0.259 e. The van der Waals surface area contributed by atoms with Crippen molar-refractivity contribution in [1.29, 1.82) is 0 Å². The first kappa shape index (κ1) is 15.1. The third kappa shape index (κ3) is 3.08. The van der Waals surface area contributed by atoms with Crippen LogP contribution in [0.4, 0.5) is 11.5 Å². The minimum atomic E-state index is -0.212. The number of para-hydroxylation sites is 2. The highest BCUT2D eigenvalue weighted by atomic mass is 35.5. The normalized spacial score (nSPS) is 10.1. The quantitative estimate of drug-likeness (QED) is 0.943. The Hall–Kier alpha value is -2.27. The van der Waals surface area contributed by atoms with E-state index < -0.39 is 0 Å². The third-order valence-electron chi connectivity index (χ3n) is 3.08. The summed E-state index contributed by atoms with van der Waals surface area (Å²) >= 11 is 6.06. The number of aromatic nitrogens is 1. The van der Waals surface area contributed by atoms with Crippen LogP contribution in [0.25, 0.3) is 0 Å². The average molecular weight is 306 g/mol. The van der Waals surface area contributed by atoms with Crippen LogP contribution in [0, 0.1) is 0 Å². The number of pyridine rings is 1. The highest BCUT2D eigenvalue weighted by Gasteiger charge is 2.18. The van der Waals surface area contributed by atoms with Crippen molar-refractivity contribution >= 4 is 29.0 Å². The van der Waals surface area contributed by atoms with Crippen molar-refractivity contribution in [2.24, 2.45) is 0 Å². The molecule has 21 heavy (non-hydrogen) atoms. The van der Waals surface area contributed by atoms with Crippen LogP contribution in [0.5, 0.6) is 5.75 Å². The Morgan fingerprint density at radius 2 is 2.10 bits per heavy atom. The van der Waals surface area contributed by atoms with Crippen LogP contribution < -0.4 is 15.0 Å². The van der Waals surface area contributed by atoms with Crippen molar-refractivity contribution in [3.05, 3.63) is 47.1 Å². The van der Waals surface area contributed by atoms with Gasteiger partial charge in [-0.25, -0.2) is 4.98 Å². The number of nitrogens with one attached hydrogen (secondary N) is 1. The molecule has 0 aliphatic carbocycles. The lowest BCUT2D eigenvalue weighted by atomic mass is 10.2. The van der Waals surface area contributed by atoms with Gasteiger partial charge in [0.15, 0.2) is 0 Å². The number of nitrogens with zero attached hydrogens (tertiary/aromatic N) is 2. The summed E-state index contributed by atoms with van der Waals surface area (Å²) in [5.74, 6) is 0.948. The molecule has 1 amide bonds. The molecule has 1 heterocycles. The minimum Gasteiger partial charge on any atom is -0.495 e. The summed E-state index contributed by atoms with van der Waals surface area (Å²) in [5, 5.41) is 3.25. The predicted octanol–water partition coefficient (Wildman–Crippen LogP) is 3.06. The maximum absolute atomic E-state index is 12.5. The highest BCUT2D eigenvalue weighted by Crippen LogP contribution is 2.28. The smallest absolute Gasteiger partial charge is 0.259 e. The largest absolute Gasteiger partial charge is 0.495 e. The molecule has 0 aliphatic heterocycles. The van der Waals surface area contributed by atoms with Gasteiger partial charge in [-0.15, -0.1) is 0 Å². The van der Waals surface area contributed by atoms with E-state index in [0.29, 0.717) is 27.8 Å². The lowest BCUT2D eigenvalue weighted by molar-refractivity contribution is 0.0992. The second-order valence-electron chi connectivity index (χ2n) is 4.34. The van der Waals surface area contributed by atoms with E-state index in [1.165, 1.54) is 11.1 Å². The third-order valence-corrected chi connectivity index (χ3v) is 3.36. The zero-order valence-corrected chi connectivity index (χ0v) is 12.8. The molecule has 110 valence electrons. The summed E-state index contributed by atoms with van der Waals surface area (Å²) in [6, 6.07) is 8.90. The summed E-state index contributed by atoms with van der Waals surface area (Å²) in [4.78, 5) is 18.1. The number of hydrogen-bond acceptors (Lipinski definition) is 4. The standard InChI is InChI=1S/C15H16ClN3O2/c1-17-14-11(16)8-10(9-18-14)15(20)19(2)12-6-4-5-7-13(12)21-3/h4-9H,1-3H3,(H,17,18). The minimum absolute atomic E-state index is 0.212. The molecule has 1 aromatic carbocycles. The first-order valence-corrected chi connectivity index (χ1v) is 6.70. The molecule has 0 saturated carbocycles. The lowest BCUT2D eigenvalue weighted by Gasteiger charge is -2.20. The van der Waals surface area contributed by atoms with Gasteiger partial charge in [0.2, 0.25) is 0 Å². The molecule has 0 atom stereocenters. The molecule has 6 heteroatoms. The number of methoxy groups -OCH3 is 1. The Morgan fingerprint density at radius 1 is 1.38 bits per heavy atom. The number of rotatable bonds is 4. The van der Waals surface area contributed by atoms with E-state index in [9.17, 15) is 4.79 Å². The van der Waals surface area contributed by atoms with Crippen molar-refractivity contribution in [3.8, 4) is 5.75 Å². The molecule has 1 N–H and O–H groups in total. The summed E-state index contributed by atoms with van der Waals surface area (Å²) in [5.41, 5.74) is 1.09. The van der Waals surface area contributed by atoms with Gasteiger partial charge in [-0.2, -0.15) is 0 Å². The molecule has 0 radical (unpaired) electrons. The van der Waals surface area contributed by atoms with Gasteiger partial charge in [0.25, 0.3) is 5.91 Å². The highest BCUT2D eigenvalue weighted by molar-refractivity contribution is 6.33. The summed E-state index contributed by atoms with van der Waals surface area (Å²) in [6.07, 6.45) is 1.49. The van der Waals surface area contributed by atoms with Gasteiger partial charge in [0.1, 0.15) is 11.6 Å². The van der Waals surface area contributed by atoms with Gasteiger partial charge in [0, 0.05) is 20.3 Å². The average Bonchev–Trinajstić information content (AvgIpc) is 2.53. The number of ether oxygens (including phenoxy) is 1. The zero-order valence-electron chi connectivity index (χ0n) is 12.1. The summed E-state index contributed by atoms with van der Waals surface area (Å²) in [6.45, 7) is 0. The zero-order chi connectivity index (χ0) is 15.4. The Labute approximate surface area is 128 Å². The van der Waals surface area contributed by atoms with Crippen molar-refractivity contribution in [2.75, 3.05) is 31.4 Å². The number of anilines is 2. The second-order valence-corrected chi connectivity index (χ2v) is 4.75. The molecule has 0 bridgehead atoms. The first-order valence-electron chi connectivity index (χ1n) is 6.33. The van der Waals surface area contributed by atoms with Gasteiger partial charge >= 0.3 is 0 Å². The molecule has 0 saturated heterocycles. The Morgan fingerprint density at radius 3 is 2.71 bits per heavy atom. The van der Waals surface area contributed by atoms with Gasteiger partial charge in [-0.3, -0.25) is 4.79 Å². The summed E-state index contributed by atoms with van der Waals surface area (Å²) in [7, 11) is 4.97. The fourth-order valence-corrected chi connectivity index (χ4v) is 2.21. The fraction of sp³-hybridized carbons (Fsp3) is 0.200. The molecule has 0 unspecified atom stereocenters. The second kappa shape index (κ2) is 6.45. The number of benzene rings is 1. The maximum atomic E-state index is 12.5. The number of hydrogen-bond donors (Lipinski definition) is 1. The van der Waals surface area contributed by atoms with Crippen molar-refractivity contribution in [1.82, 2.24) is 4.98 Å². The Bertz CT molecular complexity index is 661. The monoisotopic (exact) mass is 305 g/mol. The van der Waals surface area contributed by atoms with Gasteiger partial charge in [-0.1, -0.05) is 23.7 Å². The van der Waals surface area contributed by atoms with E-state index in [0.717, 1.165) is 0 Å². The van der Waals surface area contributed by atoms with Crippen molar-refractivity contribution in [2.45, 2.75) is 0 Å². The van der Waals surface area contributed by atoms with Crippen LogP contribution in [0.15, 0.2) is 36.5 Å². The van der Waals surface area contributed by atoms with Crippen LogP contribution in [-0.4, -0.2) is 32.1 Å². The predicted molar refractivity (Wildman–Crippen MR) is 84.5 cm³/mol. The van der Waals surface area contributed by atoms with Gasteiger partial charge < -0.3 is 15.0 Å². The number of amides is 1. The molecule has 0 fully saturated rings. The lowest BCUT2D eigenvalue weighted by Crippen LogP contribution is -2.26. The Kier molecular flexibility index (Phi) is 4.65. The van der Waals surface area contributed by atoms with E-state index in [2.05, 4.69) is 10.3 Å². The van der Waals surface area contributed by atoms with Crippen LogP contribution >= 0.6 is 11.6 Å². The first-order chi connectivity index (χ1) is 10.1. The van der Waals surface area contributed by atoms with Crippen LogP contribution in [-0.2, 0) is 0 Å². The molecular weight excluding hydrogens is 290 g/mol. The molecule has 2 aromatic rings. The molecular formula is C15H16ClN3O2. The molecule has 0 aliphatic rings. The topological polar surface area (TPSA) is 54.5 Å². The summed E-state index contributed by atoms with van der Waals surface area (Å²) < 4.78 is 5.27. The molecule has 5 nitrogen and oxygen atoms in total. The van der Waals surface area contributed by atoms with Gasteiger partial charge in [0.05, 0.1) is 23.4 Å². The van der Waals surface area contributed by atoms with E-state index in [4.69, 9.17) is 16.3 Å². The number of carbonyl (C=O) groups excluding carboxylic acids is 1. The SMILES string of the molecule is CNc1ncc(C(=O)N(C)c2ccccc2OC)cc1Cl. The number of halogens is 1. The van der Waals surface area contributed by atoms with E-state index in [-0.39, 0.29) is 5.91 Å². The van der Waals surface area contributed by atoms with Crippen molar-refractivity contribution < 1.29 is 9.53 Å². The molecule has 1 aromatic heterocycles. The van der Waals surface area contributed by atoms with Crippen molar-refractivity contribution in [3.63, 3.8) is 0 Å². The van der Waals surface area contributed by atoms with E-state index in [1.54, 1.807) is 33.3 Å². The number of carbonyl (C=O) groups is 1. The molecule has 2 rings (SSSR count). The molecule has 0 spiro atoms. The van der Waals surface area contributed by atoms with Crippen LogP contribution in [0.3, 0.4) is 0 Å². The van der Waals surface area contributed by atoms with Crippen LogP contribution in [0.1, 0.15) is 10.4 Å². The van der Waals surface area contributed by atoms with Crippen LogP contribution in [0.2, 0.25) is 5.02 Å². The fourth-order valence-electron chi connectivity index (χ4n) is 1.95. The Balaban J connectivity index is 2.33. The van der Waals surface area contributed by atoms with E-state index >= 15 is 0 Å². The van der Waals surface area contributed by atoms with Gasteiger partial charge in [-0.05, 0) is 18.2 Å². The van der Waals surface area contributed by atoms with E-state index in [1.807, 2.05) is 18.2 Å².